The molecule has 7 nitrogen and oxygen atoms in total. The molecule has 0 fully saturated rings. The van der Waals surface area contributed by atoms with E-state index in [2.05, 4.69) is 20.1 Å². The molecule has 2 aromatic carbocycles. The smallest absolute Gasteiger partial charge is 0.272 e. The highest BCUT2D eigenvalue weighted by Gasteiger charge is 2.29. The molecule has 7 heteroatoms. The lowest BCUT2D eigenvalue weighted by atomic mass is 10.1. The van der Waals surface area contributed by atoms with Gasteiger partial charge < -0.3 is 15.2 Å². The fourth-order valence-corrected chi connectivity index (χ4v) is 3.77. The normalized spacial score (nSPS) is 14.6. The lowest BCUT2D eigenvalue weighted by molar-refractivity contribution is -0.122. The van der Waals surface area contributed by atoms with Gasteiger partial charge in [-0.3, -0.25) is 14.5 Å². The SMILES string of the molecule is CNC(=O)C(NC(=O)c1nc(-c2ccccc2)n2c1CN(C)CC2)c1ccccc1. The maximum atomic E-state index is 13.3. The van der Waals surface area contributed by atoms with E-state index in [-0.39, 0.29) is 11.8 Å². The number of carbonyl (C=O) groups excluding carboxylic acids is 2. The van der Waals surface area contributed by atoms with E-state index in [0.29, 0.717) is 12.2 Å². The molecule has 1 aliphatic heterocycles. The third-order valence-corrected chi connectivity index (χ3v) is 5.36. The average Bonchev–Trinajstić information content (AvgIpc) is 3.16. The molecule has 1 unspecified atom stereocenters. The van der Waals surface area contributed by atoms with Crippen LogP contribution in [0, 0.1) is 0 Å². The van der Waals surface area contributed by atoms with Gasteiger partial charge in [-0.25, -0.2) is 4.98 Å². The Morgan fingerprint density at radius 3 is 2.33 bits per heavy atom. The number of fused-ring (bicyclic) bond motifs is 1. The summed E-state index contributed by atoms with van der Waals surface area (Å²) in [6.45, 7) is 2.27. The summed E-state index contributed by atoms with van der Waals surface area (Å²) in [6, 6.07) is 18.3. The van der Waals surface area contributed by atoms with Crippen molar-refractivity contribution in [1.29, 1.82) is 0 Å². The molecule has 2 heterocycles. The van der Waals surface area contributed by atoms with Gasteiger partial charge in [0.1, 0.15) is 11.9 Å². The summed E-state index contributed by atoms with van der Waals surface area (Å²) >= 11 is 0. The zero-order valence-corrected chi connectivity index (χ0v) is 17.1. The summed E-state index contributed by atoms with van der Waals surface area (Å²) in [6.07, 6.45) is 0. The number of aromatic nitrogens is 2. The first-order valence-electron chi connectivity index (χ1n) is 9.99. The second-order valence-electron chi connectivity index (χ2n) is 7.42. The van der Waals surface area contributed by atoms with Gasteiger partial charge in [0.15, 0.2) is 5.69 Å². The van der Waals surface area contributed by atoms with Gasteiger partial charge in [-0.2, -0.15) is 0 Å². The molecule has 0 radical (unpaired) electrons. The van der Waals surface area contributed by atoms with E-state index >= 15 is 0 Å². The molecule has 2 amide bonds. The van der Waals surface area contributed by atoms with E-state index < -0.39 is 6.04 Å². The van der Waals surface area contributed by atoms with E-state index in [0.717, 1.165) is 35.7 Å². The van der Waals surface area contributed by atoms with Gasteiger partial charge in [-0.15, -0.1) is 0 Å². The number of nitrogens with one attached hydrogen (secondary N) is 2. The number of imidazole rings is 1. The predicted molar refractivity (Wildman–Crippen MR) is 115 cm³/mol. The molecule has 1 aromatic heterocycles. The Morgan fingerprint density at radius 2 is 1.67 bits per heavy atom. The molecule has 30 heavy (non-hydrogen) atoms. The van der Waals surface area contributed by atoms with Crippen LogP contribution in [0.4, 0.5) is 0 Å². The van der Waals surface area contributed by atoms with Crippen molar-refractivity contribution in [1.82, 2.24) is 25.1 Å². The van der Waals surface area contributed by atoms with Crippen molar-refractivity contribution in [2.24, 2.45) is 0 Å². The molecule has 0 bridgehead atoms. The highest BCUT2D eigenvalue weighted by atomic mass is 16.2. The Kier molecular flexibility index (Phi) is 5.63. The number of amides is 2. The quantitative estimate of drug-likeness (QED) is 0.685. The van der Waals surface area contributed by atoms with E-state index in [1.165, 1.54) is 0 Å². The standard InChI is InChI=1S/C23H25N5O2/c1-24-22(29)19(16-9-5-3-6-10-16)26-23(30)20-18-15-27(2)13-14-28(18)21(25-20)17-11-7-4-8-12-17/h3-12,19H,13-15H2,1-2H3,(H,24,29)(H,26,30). The highest BCUT2D eigenvalue weighted by molar-refractivity contribution is 5.98. The van der Waals surface area contributed by atoms with Crippen LogP contribution in [0.5, 0.6) is 0 Å². The van der Waals surface area contributed by atoms with E-state index in [9.17, 15) is 9.59 Å². The number of likely N-dealkylation sites (N-methyl/N-ethyl adjacent to an activating group) is 2. The van der Waals surface area contributed by atoms with Crippen LogP contribution >= 0.6 is 0 Å². The topological polar surface area (TPSA) is 79.3 Å². The molecule has 1 aliphatic rings. The van der Waals surface area contributed by atoms with E-state index in [4.69, 9.17) is 4.98 Å². The lowest BCUT2D eigenvalue weighted by Gasteiger charge is -2.26. The van der Waals surface area contributed by atoms with Crippen molar-refractivity contribution in [3.63, 3.8) is 0 Å². The molecule has 4 rings (SSSR count). The summed E-state index contributed by atoms with van der Waals surface area (Å²) in [7, 11) is 3.59. The van der Waals surface area contributed by atoms with Crippen molar-refractivity contribution in [3.05, 3.63) is 77.6 Å². The first kappa shape index (κ1) is 19.8. The molecule has 0 saturated carbocycles. The van der Waals surface area contributed by atoms with Gasteiger partial charge >= 0.3 is 0 Å². The Bertz CT molecular complexity index is 1050. The number of nitrogens with zero attached hydrogens (tertiary/aromatic N) is 3. The molecule has 154 valence electrons. The van der Waals surface area contributed by atoms with Crippen molar-refractivity contribution in [3.8, 4) is 11.4 Å². The van der Waals surface area contributed by atoms with Gasteiger partial charge in [0.2, 0.25) is 5.91 Å². The minimum atomic E-state index is -0.789. The van der Waals surface area contributed by atoms with Gasteiger partial charge in [-0.1, -0.05) is 60.7 Å². The molecule has 0 spiro atoms. The van der Waals surface area contributed by atoms with Gasteiger partial charge in [-0.05, 0) is 12.6 Å². The largest absolute Gasteiger partial charge is 0.357 e. The summed E-state index contributed by atoms with van der Waals surface area (Å²) in [5.74, 6) is 0.150. The summed E-state index contributed by atoms with van der Waals surface area (Å²) in [5, 5.41) is 5.52. The number of carbonyl (C=O) groups is 2. The zero-order valence-electron chi connectivity index (χ0n) is 17.1. The van der Waals surface area contributed by atoms with Crippen LogP contribution in [0.2, 0.25) is 0 Å². The van der Waals surface area contributed by atoms with Crippen LogP contribution in [0.25, 0.3) is 11.4 Å². The van der Waals surface area contributed by atoms with Gasteiger partial charge in [0.05, 0.1) is 5.69 Å². The number of rotatable bonds is 5. The fraction of sp³-hybridized carbons (Fsp3) is 0.261. The maximum absolute atomic E-state index is 13.3. The number of benzene rings is 2. The zero-order chi connectivity index (χ0) is 21.1. The van der Waals surface area contributed by atoms with E-state index in [1.54, 1.807) is 7.05 Å². The minimum absolute atomic E-state index is 0.275. The molecular formula is C23H25N5O2. The average molecular weight is 403 g/mol. The molecule has 3 aromatic rings. The molecule has 0 saturated heterocycles. The van der Waals surface area contributed by atoms with E-state index in [1.807, 2.05) is 67.7 Å². The number of hydrogen-bond donors (Lipinski definition) is 2. The molecular weight excluding hydrogens is 378 g/mol. The van der Waals surface area contributed by atoms with Crippen molar-refractivity contribution < 1.29 is 9.59 Å². The monoisotopic (exact) mass is 403 g/mol. The summed E-state index contributed by atoms with van der Waals surface area (Å²) in [5.41, 5.74) is 2.92. The molecule has 2 N–H and O–H groups in total. The predicted octanol–water partition coefficient (Wildman–Crippen LogP) is 2.21. The highest BCUT2D eigenvalue weighted by Crippen LogP contribution is 2.26. The Morgan fingerprint density at radius 1 is 1.00 bits per heavy atom. The molecule has 1 atom stereocenters. The van der Waals surface area contributed by atoms with Gasteiger partial charge in [0, 0.05) is 32.2 Å². The Balaban J connectivity index is 1.71. The van der Waals surface area contributed by atoms with Crippen molar-refractivity contribution in [2.45, 2.75) is 19.1 Å². The number of hydrogen-bond acceptors (Lipinski definition) is 4. The van der Waals surface area contributed by atoms with Crippen LogP contribution in [0.1, 0.15) is 27.8 Å². The summed E-state index contributed by atoms with van der Waals surface area (Å²) in [4.78, 5) is 32.7. The molecule has 0 aliphatic carbocycles. The van der Waals surface area contributed by atoms with Gasteiger partial charge in [0.25, 0.3) is 5.91 Å². The van der Waals surface area contributed by atoms with Crippen molar-refractivity contribution >= 4 is 11.8 Å². The second kappa shape index (κ2) is 8.51. The summed E-state index contributed by atoms with van der Waals surface area (Å²) < 4.78 is 2.11. The van der Waals surface area contributed by atoms with Crippen LogP contribution in [-0.2, 0) is 17.9 Å². The lowest BCUT2D eigenvalue weighted by Crippen LogP contribution is -2.40. The first-order chi connectivity index (χ1) is 14.6. The van der Waals surface area contributed by atoms with Crippen LogP contribution in [0.3, 0.4) is 0 Å². The first-order valence-corrected chi connectivity index (χ1v) is 9.99. The Hall–Kier alpha value is -3.45. The van der Waals surface area contributed by atoms with Crippen molar-refractivity contribution in [2.75, 3.05) is 20.6 Å². The third-order valence-electron chi connectivity index (χ3n) is 5.36. The Labute approximate surface area is 175 Å². The third kappa shape index (κ3) is 3.84. The van der Waals surface area contributed by atoms with Crippen LogP contribution in [-0.4, -0.2) is 46.9 Å². The maximum Gasteiger partial charge on any atom is 0.272 e. The van der Waals surface area contributed by atoms with Crippen LogP contribution < -0.4 is 10.6 Å². The second-order valence-corrected chi connectivity index (χ2v) is 7.42. The van der Waals surface area contributed by atoms with Crippen LogP contribution in [0.15, 0.2) is 60.7 Å². The minimum Gasteiger partial charge on any atom is -0.357 e. The fourth-order valence-electron chi connectivity index (χ4n) is 3.77.